The molecular weight excluding hydrogens is 172 g/mol. The molecule has 0 saturated carbocycles. The molecule has 0 bridgehead atoms. The lowest BCUT2D eigenvalue weighted by atomic mass is 10.2. The summed E-state index contributed by atoms with van der Waals surface area (Å²) in [4.78, 5) is 0. The highest BCUT2D eigenvalue weighted by Crippen LogP contribution is 2.20. The van der Waals surface area contributed by atoms with Crippen LogP contribution in [0.4, 0.5) is 0 Å². The molecule has 0 aliphatic heterocycles. The molecule has 0 saturated heterocycles. The lowest BCUT2D eigenvalue weighted by molar-refractivity contribution is 0.623. The van der Waals surface area contributed by atoms with Crippen molar-refractivity contribution in [2.24, 2.45) is 0 Å². The minimum Gasteiger partial charge on any atom is -0.345 e. The van der Waals surface area contributed by atoms with Crippen LogP contribution in [-0.2, 0) is 0 Å². The first kappa shape index (κ1) is 8.83. The number of fused-ring (bicyclic) bond motifs is 1. The van der Waals surface area contributed by atoms with Crippen molar-refractivity contribution in [2.45, 2.75) is 19.9 Å². The predicted octanol–water partition coefficient (Wildman–Crippen LogP) is 3.09. The first-order valence-electron chi connectivity index (χ1n) is 4.73. The highest BCUT2D eigenvalue weighted by Gasteiger charge is 2.03. The quantitative estimate of drug-likeness (QED) is 0.669. The Kier molecular flexibility index (Phi) is 2.01. The Morgan fingerprint density at radius 3 is 2.71 bits per heavy atom. The molecule has 1 aromatic heterocycles. The van der Waals surface area contributed by atoms with Crippen LogP contribution in [0.2, 0.25) is 0 Å². The molecule has 0 aliphatic carbocycles. The second kappa shape index (κ2) is 3.19. The van der Waals surface area contributed by atoms with E-state index in [-0.39, 0.29) is 0 Å². The van der Waals surface area contributed by atoms with Gasteiger partial charge in [-0.2, -0.15) is 5.26 Å². The highest BCUT2D eigenvalue weighted by molar-refractivity contribution is 5.81. The maximum absolute atomic E-state index is 8.76. The van der Waals surface area contributed by atoms with E-state index >= 15 is 0 Å². The zero-order chi connectivity index (χ0) is 10.1. The van der Waals surface area contributed by atoms with E-state index in [9.17, 15) is 0 Å². The number of hydrogen-bond acceptors (Lipinski definition) is 1. The summed E-state index contributed by atoms with van der Waals surface area (Å²) in [7, 11) is 0. The van der Waals surface area contributed by atoms with Crippen LogP contribution in [0.25, 0.3) is 10.9 Å². The summed E-state index contributed by atoms with van der Waals surface area (Å²) < 4.78 is 2.20. The van der Waals surface area contributed by atoms with Gasteiger partial charge >= 0.3 is 0 Å². The molecule has 0 atom stereocenters. The van der Waals surface area contributed by atoms with Gasteiger partial charge in [0.2, 0.25) is 0 Å². The number of nitrogens with zero attached hydrogens (tertiary/aromatic N) is 2. The molecule has 14 heavy (non-hydrogen) atoms. The molecule has 1 aromatic carbocycles. The average Bonchev–Trinajstić information content (AvgIpc) is 2.59. The first-order chi connectivity index (χ1) is 6.72. The van der Waals surface area contributed by atoms with Crippen LogP contribution in [-0.4, -0.2) is 4.57 Å². The van der Waals surface area contributed by atoms with Crippen LogP contribution in [0, 0.1) is 11.3 Å². The van der Waals surface area contributed by atoms with Crippen molar-refractivity contribution in [1.82, 2.24) is 4.57 Å². The predicted molar refractivity (Wildman–Crippen MR) is 57.0 cm³/mol. The van der Waals surface area contributed by atoms with Gasteiger partial charge in [0.15, 0.2) is 0 Å². The Bertz CT molecular complexity index is 501. The van der Waals surface area contributed by atoms with Gasteiger partial charge in [-0.3, -0.25) is 0 Å². The molecule has 2 heteroatoms. The van der Waals surface area contributed by atoms with Gasteiger partial charge in [-0.1, -0.05) is 0 Å². The van der Waals surface area contributed by atoms with E-state index in [0.29, 0.717) is 6.04 Å². The summed E-state index contributed by atoms with van der Waals surface area (Å²) in [5.74, 6) is 0. The van der Waals surface area contributed by atoms with Gasteiger partial charge in [0, 0.05) is 23.1 Å². The molecular formula is C12H12N2. The van der Waals surface area contributed by atoms with Gasteiger partial charge in [-0.05, 0) is 38.1 Å². The number of nitriles is 1. The summed E-state index contributed by atoms with van der Waals surface area (Å²) in [6.45, 7) is 4.30. The van der Waals surface area contributed by atoms with E-state index in [1.807, 2.05) is 18.2 Å². The Labute approximate surface area is 83.4 Å². The fraction of sp³-hybridized carbons (Fsp3) is 0.250. The number of benzene rings is 1. The summed E-state index contributed by atoms with van der Waals surface area (Å²) in [6.07, 6.45) is 2.07. The fourth-order valence-electron chi connectivity index (χ4n) is 1.68. The smallest absolute Gasteiger partial charge is 0.0991 e. The lowest BCUT2D eigenvalue weighted by Gasteiger charge is -2.08. The minimum atomic E-state index is 0.459. The normalized spacial score (nSPS) is 10.7. The fourth-order valence-corrected chi connectivity index (χ4v) is 1.68. The van der Waals surface area contributed by atoms with Crippen LogP contribution < -0.4 is 0 Å². The van der Waals surface area contributed by atoms with Crippen LogP contribution >= 0.6 is 0 Å². The molecule has 0 amide bonds. The van der Waals surface area contributed by atoms with Gasteiger partial charge in [-0.25, -0.2) is 0 Å². The lowest BCUT2D eigenvalue weighted by Crippen LogP contribution is -1.97. The van der Waals surface area contributed by atoms with Crippen LogP contribution in [0.3, 0.4) is 0 Å². The van der Waals surface area contributed by atoms with Gasteiger partial charge < -0.3 is 4.57 Å². The molecule has 70 valence electrons. The topological polar surface area (TPSA) is 28.7 Å². The summed E-state index contributed by atoms with van der Waals surface area (Å²) in [6, 6.07) is 10.5. The third kappa shape index (κ3) is 1.27. The van der Waals surface area contributed by atoms with Crippen molar-refractivity contribution in [2.75, 3.05) is 0 Å². The van der Waals surface area contributed by atoms with Gasteiger partial charge in [0.1, 0.15) is 0 Å². The van der Waals surface area contributed by atoms with E-state index < -0.39 is 0 Å². The van der Waals surface area contributed by atoms with Gasteiger partial charge in [0.25, 0.3) is 0 Å². The van der Waals surface area contributed by atoms with E-state index in [0.717, 1.165) is 10.9 Å². The van der Waals surface area contributed by atoms with Crippen molar-refractivity contribution in [3.8, 4) is 6.07 Å². The molecule has 2 rings (SSSR count). The van der Waals surface area contributed by atoms with Gasteiger partial charge in [-0.15, -0.1) is 0 Å². The molecule has 0 N–H and O–H groups in total. The third-order valence-corrected chi connectivity index (χ3v) is 2.41. The maximum atomic E-state index is 8.76. The molecule has 0 aliphatic rings. The monoisotopic (exact) mass is 184 g/mol. The zero-order valence-electron chi connectivity index (χ0n) is 8.36. The van der Waals surface area contributed by atoms with Crippen molar-refractivity contribution in [1.29, 1.82) is 5.26 Å². The highest BCUT2D eigenvalue weighted by atomic mass is 15.0. The summed E-state index contributed by atoms with van der Waals surface area (Å²) in [5, 5.41) is 9.89. The molecule has 0 unspecified atom stereocenters. The van der Waals surface area contributed by atoms with E-state index in [2.05, 4.69) is 36.7 Å². The number of hydrogen-bond donors (Lipinski definition) is 0. The maximum Gasteiger partial charge on any atom is 0.0991 e. The average molecular weight is 184 g/mol. The Hall–Kier alpha value is -1.75. The largest absolute Gasteiger partial charge is 0.345 e. The molecule has 2 aromatic rings. The van der Waals surface area contributed by atoms with Crippen molar-refractivity contribution in [3.05, 3.63) is 36.0 Å². The van der Waals surface area contributed by atoms with Crippen LogP contribution in [0.5, 0.6) is 0 Å². The first-order valence-corrected chi connectivity index (χ1v) is 4.73. The third-order valence-electron chi connectivity index (χ3n) is 2.41. The Morgan fingerprint density at radius 2 is 2.07 bits per heavy atom. The number of aromatic nitrogens is 1. The Morgan fingerprint density at radius 1 is 1.29 bits per heavy atom. The van der Waals surface area contributed by atoms with E-state index in [1.165, 1.54) is 5.52 Å². The van der Waals surface area contributed by atoms with Crippen molar-refractivity contribution >= 4 is 10.9 Å². The summed E-state index contributed by atoms with van der Waals surface area (Å²) >= 11 is 0. The molecule has 0 fully saturated rings. The molecule has 1 heterocycles. The van der Waals surface area contributed by atoms with Gasteiger partial charge in [0.05, 0.1) is 11.6 Å². The number of rotatable bonds is 1. The SMILES string of the molecule is CC(C)n1ccc2cc(C#N)ccc21. The van der Waals surface area contributed by atoms with Crippen LogP contribution in [0.15, 0.2) is 30.5 Å². The van der Waals surface area contributed by atoms with Crippen LogP contribution in [0.1, 0.15) is 25.5 Å². The standard InChI is InChI=1S/C12H12N2/c1-9(2)14-6-5-11-7-10(8-13)3-4-12(11)14/h3-7,9H,1-2H3. The van der Waals surface area contributed by atoms with Crippen molar-refractivity contribution in [3.63, 3.8) is 0 Å². The Balaban J connectivity index is 2.67. The minimum absolute atomic E-state index is 0.459. The molecule has 0 spiro atoms. The second-order valence-corrected chi connectivity index (χ2v) is 3.70. The summed E-state index contributed by atoms with van der Waals surface area (Å²) in [5.41, 5.74) is 1.91. The molecule has 0 radical (unpaired) electrons. The van der Waals surface area contributed by atoms with Crippen molar-refractivity contribution < 1.29 is 0 Å². The molecule has 2 nitrogen and oxygen atoms in total. The second-order valence-electron chi connectivity index (χ2n) is 3.70. The van der Waals surface area contributed by atoms with E-state index in [4.69, 9.17) is 5.26 Å². The zero-order valence-corrected chi connectivity index (χ0v) is 8.36. The van der Waals surface area contributed by atoms with E-state index in [1.54, 1.807) is 0 Å².